The van der Waals surface area contributed by atoms with Crippen molar-refractivity contribution < 1.29 is 0 Å². The molecule has 68 valence electrons. The molecule has 0 atom stereocenters. The molecular formula is C8H16N4. The van der Waals surface area contributed by atoms with Crippen LogP contribution in [0.5, 0.6) is 0 Å². The van der Waals surface area contributed by atoms with Gasteiger partial charge in [-0.3, -0.25) is 0 Å². The van der Waals surface area contributed by atoms with Crippen molar-refractivity contribution in [1.82, 2.24) is 20.1 Å². The second-order valence-corrected chi connectivity index (χ2v) is 2.93. The minimum atomic E-state index is 0.981. The van der Waals surface area contributed by atoms with E-state index in [0.29, 0.717) is 0 Å². The molecule has 1 heterocycles. The van der Waals surface area contributed by atoms with Crippen LogP contribution in [0, 0.1) is 6.92 Å². The van der Waals surface area contributed by atoms with Gasteiger partial charge in [0.2, 0.25) is 0 Å². The van der Waals surface area contributed by atoms with Gasteiger partial charge in [-0.2, -0.15) is 0 Å². The summed E-state index contributed by atoms with van der Waals surface area (Å²) in [5.74, 6) is 2.05. The Balaban J connectivity index is 2.46. The van der Waals surface area contributed by atoms with Crippen LogP contribution < -0.4 is 5.32 Å². The fraction of sp³-hybridized carbons (Fsp3) is 0.750. The third kappa shape index (κ3) is 2.04. The molecule has 0 aromatic carbocycles. The molecule has 0 unspecified atom stereocenters. The largest absolute Gasteiger partial charge is 0.320 e. The molecular weight excluding hydrogens is 152 g/mol. The summed E-state index contributed by atoms with van der Waals surface area (Å²) in [6, 6.07) is 0. The van der Waals surface area contributed by atoms with Crippen LogP contribution in [0.2, 0.25) is 0 Å². The third-order valence-electron chi connectivity index (χ3n) is 2.01. The maximum absolute atomic E-state index is 4.07. The van der Waals surface area contributed by atoms with Gasteiger partial charge in [0.15, 0.2) is 0 Å². The molecule has 0 amide bonds. The van der Waals surface area contributed by atoms with E-state index < -0.39 is 0 Å². The highest BCUT2D eigenvalue weighted by molar-refractivity contribution is 4.92. The Bertz CT molecular complexity index is 241. The van der Waals surface area contributed by atoms with Gasteiger partial charge < -0.3 is 9.88 Å². The van der Waals surface area contributed by atoms with Crippen LogP contribution in [0.25, 0.3) is 0 Å². The van der Waals surface area contributed by atoms with Gasteiger partial charge in [-0.25, -0.2) is 0 Å². The van der Waals surface area contributed by atoms with Crippen molar-refractivity contribution in [1.29, 1.82) is 0 Å². The highest BCUT2D eigenvalue weighted by atomic mass is 15.3. The predicted octanol–water partition coefficient (Wildman–Crippen LogP) is 0.276. The maximum atomic E-state index is 4.07. The average molecular weight is 168 g/mol. The Hall–Kier alpha value is -0.900. The van der Waals surface area contributed by atoms with Gasteiger partial charge in [0.1, 0.15) is 11.6 Å². The standard InChI is InChI=1S/C8H16N4/c1-7-10-11-8(12(7)3)5-4-6-9-2/h9H,4-6H2,1-3H3. The third-order valence-corrected chi connectivity index (χ3v) is 2.01. The highest BCUT2D eigenvalue weighted by Gasteiger charge is 2.02. The first-order valence-corrected chi connectivity index (χ1v) is 4.25. The van der Waals surface area contributed by atoms with Crippen LogP contribution >= 0.6 is 0 Å². The van der Waals surface area contributed by atoms with Crippen LogP contribution in [-0.4, -0.2) is 28.4 Å². The Morgan fingerprint density at radius 3 is 2.67 bits per heavy atom. The lowest BCUT2D eigenvalue weighted by molar-refractivity contribution is 0.675. The molecule has 4 heteroatoms. The number of rotatable bonds is 4. The van der Waals surface area contributed by atoms with Crippen LogP contribution in [0.3, 0.4) is 0 Å². The van der Waals surface area contributed by atoms with Gasteiger partial charge in [-0.1, -0.05) is 0 Å². The second kappa shape index (κ2) is 4.21. The number of hydrogen-bond donors (Lipinski definition) is 1. The number of hydrogen-bond acceptors (Lipinski definition) is 3. The summed E-state index contributed by atoms with van der Waals surface area (Å²) in [5, 5.41) is 11.2. The normalized spacial score (nSPS) is 10.6. The molecule has 0 spiro atoms. The van der Waals surface area contributed by atoms with Gasteiger partial charge in [0.05, 0.1) is 0 Å². The summed E-state index contributed by atoms with van der Waals surface area (Å²) in [5.41, 5.74) is 0. The molecule has 4 nitrogen and oxygen atoms in total. The molecule has 0 saturated heterocycles. The summed E-state index contributed by atoms with van der Waals surface area (Å²) in [6.45, 7) is 3.00. The van der Waals surface area contributed by atoms with Crippen molar-refractivity contribution >= 4 is 0 Å². The fourth-order valence-electron chi connectivity index (χ4n) is 1.09. The number of aryl methyl sites for hydroxylation is 2. The number of aromatic nitrogens is 3. The van der Waals surface area contributed by atoms with Crippen molar-refractivity contribution in [2.75, 3.05) is 13.6 Å². The van der Waals surface area contributed by atoms with E-state index in [2.05, 4.69) is 15.5 Å². The summed E-state index contributed by atoms with van der Waals surface area (Å²) in [4.78, 5) is 0. The second-order valence-electron chi connectivity index (χ2n) is 2.93. The average Bonchev–Trinajstić information content (AvgIpc) is 2.36. The lowest BCUT2D eigenvalue weighted by Gasteiger charge is -2.00. The Labute approximate surface area is 73.0 Å². The van der Waals surface area contributed by atoms with Gasteiger partial charge in [0.25, 0.3) is 0 Å². The molecule has 1 aromatic heterocycles. The van der Waals surface area contributed by atoms with E-state index in [9.17, 15) is 0 Å². The van der Waals surface area contributed by atoms with E-state index >= 15 is 0 Å². The number of nitrogens with one attached hydrogen (secondary N) is 1. The lowest BCUT2D eigenvalue weighted by Crippen LogP contribution is -2.10. The van der Waals surface area contributed by atoms with Crippen molar-refractivity contribution in [3.63, 3.8) is 0 Å². The molecule has 12 heavy (non-hydrogen) atoms. The van der Waals surface area contributed by atoms with Crippen LogP contribution in [-0.2, 0) is 13.5 Å². The molecule has 0 saturated carbocycles. The van der Waals surface area contributed by atoms with E-state index in [4.69, 9.17) is 0 Å². The van der Waals surface area contributed by atoms with Gasteiger partial charge in [-0.15, -0.1) is 10.2 Å². The quantitative estimate of drug-likeness (QED) is 0.656. The molecule has 0 aliphatic heterocycles. The van der Waals surface area contributed by atoms with Gasteiger partial charge in [-0.05, 0) is 26.9 Å². The van der Waals surface area contributed by atoms with Crippen molar-refractivity contribution in [3.05, 3.63) is 11.6 Å². The molecule has 0 aliphatic rings. The first-order valence-electron chi connectivity index (χ1n) is 4.25. The molecule has 1 N–H and O–H groups in total. The molecule has 1 rings (SSSR count). The zero-order chi connectivity index (χ0) is 8.97. The van der Waals surface area contributed by atoms with Crippen LogP contribution in [0.4, 0.5) is 0 Å². The van der Waals surface area contributed by atoms with E-state index in [1.54, 1.807) is 0 Å². The Morgan fingerprint density at radius 2 is 2.17 bits per heavy atom. The summed E-state index contributed by atoms with van der Waals surface area (Å²) in [7, 11) is 3.96. The van der Waals surface area contributed by atoms with Crippen molar-refractivity contribution in [2.45, 2.75) is 19.8 Å². The lowest BCUT2D eigenvalue weighted by atomic mass is 10.3. The monoisotopic (exact) mass is 168 g/mol. The zero-order valence-corrected chi connectivity index (χ0v) is 7.96. The number of nitrogens with zero attached hydrogens (tertiary/aromatic N) is 3. The maximum Gasteiger partial charge on any atom is 0.132 e. The first kappa shape index (κ1) is 9.19. The van der Waals surface area contributed by atoms with Crippen LogP contribution in [0.15, 0.2) is 0 Å². The molecule has 0 radical (unpaired) electrons. The molecule has 0 bridgehead atoms. The highest BCUT2D eigenvalue weighted by Crippen LogP contribution is 1.99. The summed E-state index contributed by atoms with van der Waals surface area (Å²) < 4.78 is 2.04. The molecule has 1 aromatic rings. The van der Waals surface area contributed by atoms with E-state index in [0.717, 1.165) is 31.0 Å². The van der Waals surface area contributed by atoms with Crippen molar-refractivity contribution in [2.24, 2.45) is 7.05 Å². The summed E-state index contributed by atoms with van der Waals surface area (Å²) in [6.07, 6.45) is 2.11. The fourth-order valence-corrected chi connectivity index (χ4v) is 1.09. The first-order chi connectivity index (χ1) is 5.75. The minimum absolute atomic E-state index is 0.981. The van der Waals surface area contributed by atoms with E-state index in [1.165, 1.54) is 0 Å². The minimum Gasteiger partial charge on any atom is -0.320 e. The molecule has 0 fully saturated rings. The smallest absolute Gasteiger partial charge is 0.132 e. The zero-order valence-electron chi connectivity index (χ0n) is 7.96. The van der Waals surface area contributed by atoms with E-state index in [-0.39, 0.29) is 0 Å². The van der Waals surface area contributed by atoms with Crippen molar-refractivity contribution in [3.8, 4) is 0 Å². The Kier molecular flexibility index (Phi) is 3.22. The SMILES string of the molecule is CNCCCc1nnc(C)n1C. The Morgan fingerprint density at radius 1 is 1.42 bits per heavy atom. The van der Waals surface area contributed by atoms with Gasteiger partial charge >= 0.3 is 0 Å². The van der Waals surface area contributed by atoms with Gasteiger partial charge in [0, 0.05) is 13.5 Å². The molecule has 0 aliphatic carbocycles. The summed E-state index contributed by atoms with van der Waals surface area (Å²) >= 11 is 0. The van der Waals surface area contributed by atoms with Crippen LogP contribution in [0.1, 0.15) is 18.1 Å². The topological polar surface area (TPSA) is 42.7 Å². The van der Waals surface area contributed by atoms with E-state index in [1.807, 2.05) is 25.6 Å². The predicted molar refractivity (Wildman–Crippen MR) is 48.0 cm³/mol.